The third kappa shape index (κ3) is 1.60. The number of nitrogens with zero attached hydrogens (tertiary/aromatic N) is 1. The Morgan fingerprint density at radius 2 is 1.67 bits per heavy atom. The second kappa shape index (κ2) is 3.18. The Morgan fingerprint density at radius 3 is 2.25 bits per heavy atom. The molecule has 0 bridgehead atoms. The minimum absolute atomic E-state index is 1.31. The molecule has 1 heteroatoms. The summed E-state index contributed by atoms with van der Waals surface area (Å²) in [7, 11) is 2.09. The molecule has 1 nitrogen and oxygen atoms in total. The summed E-state index contributed by atoms with van der Waals surface area (Å²) in [5.41, 5.74) is 5.39. The Labute approximate surface area is 75.1 Å². The topological polar surface area (TPSA) is 3.24 Å². The number of allylic oxidation sites excluding steroid dienone is 5. The molecule has 0 radical (unpaired) electrons. The minimum atomic E-state index is 1.31. The highest BCUT2D eigenvalue weighted by Gasteiger charge is 2.06. The van der Waals surface area contributed by atoms with Gasteiger partial charge >= 0.3 is 0 Å². The molecular formula is C11H17N. The van der Waals surface area contributed by atoms with Gasteiger partial charge in [-0.2, -0.15) is 0 Å². The van der Waals surface area contributed by atoms with Gasteiger partial charge in [0.1, 0.15) is 0 Å². The van der Waals surface area contributed by atoms with E-state index in [9.17, 15) is 0 Å². The molecule has 0 N–H and O–H groups in total. The summed E-state index contributed by atoms with van der Waals surface area (Å²) in [6.45, 7) is 8.62. The highest BCUT2D eigenvalue weighted by atomic mass is 15.1. The molecule has 0 aromatic heterocycles. The lowest BCUT2D eigenvalue weighted by molar-refractivity contribution is 0.562. The zero-order valence-electron chi connectivity index (χ0n) is 8.60. The van der Waals surface area contributed by atoms with Crippen molar-refractivity contribution < 1.29 is 0 Å². The van der Waals surface area contributed by atoms with Crippen LogP contribution >= 0.6 is 0 Å². The molecule has 0 unspecified atom stereocenters. The van der Waals surface area contributed by atoms with E-state index in [1.54, 1.807) is 0 Å². The maximum atomic E-state index is 2.22. The maximum absolute atomic E-state index is 2.22. The SMILES string of the molecule is CC1=CN(C)C(C)=C(C)C(C)=C1. The zero-order valence-corrected chi connectivity index (χ0v) is 8.60. The lowest BCUT2D eigenvalue weighted by Gasteiger charge is -2.16. The standard InChI is InChI=1S/C11H17N/c1-8-6-9(2)10(3)11(4)12(5)7-8/h6-7H,1-5H3. The van der Waals surface area contributed by atoms with Crippen LogP contribution in [0.25, 0.3) is 0 Å². The molecule has 1 aliphatic rings. The molecule has 0 aromatic rings. The Balaban J connectivity index is 3.17. The van der Waals surface area contributed by atoms with Crippen LogP contribution in [0.3, 0.4) is 0 Å². The zero-order chi connectivity index (χ0) is 9.30. The van der Waals surface area contributed by atoms with Crippen LogP contribution in [0.15, 0.2) is 34.7 Å². The van der Waals surface area contributed by atoms with Gasteiger partial charge in [0.25, 0.3) is 0 Å². The van der Waals surface area contributed by atoms with E-state index in [1.165, 1.54) is 22.4 Å². The Hall–Kier alpha value is -0.980. The van der Waals surface area contributed by atoms with Gasteiger partial charge in [-0.1, -0.05) is 6.08 Å². The van der Waals surface area contributed by atoms with Crippen LogP contribution in [-0.4, -0.2) is 11.9 Å². The Kier molecular flexibility index (Phi) is 2.41. The van der Waals surface area contributed by atoms with Crippen molar-refractivity contribution in [1.29, 1.82) is 0 Å². The first-order valence-corrected chi connectivity index (χ1v) is 4.30. The van der Waals surface area contributed by atoms with Crippen molar-refractivity contribution in [2.75, 3.05) is 7.05 Å². The van der Waals surface area contributed by atoms with E-state index in [-0.39, 0.29) is 0 Å². The van der Waals surface area contributed by atoms with Crippen molar-refractivity contribution in [3.05, 3.63) is 34.7 Å². The largest absolute Gasteiger partial charge is 0.354 e. The van der Waals surface area contributed by atoms with Crippen molar-refractivity contribution in [2.24, 2.45) is 0 Å². The highest BCUT2D eigenvalue weighted by Crippen LogP contribution is 2.21. The van der Waals surface area contributed by atoms with Crippen LogP contribution in [0, 0.1) is 0 Å². The molecule has 12 heavy (non-hydrogen) atoms. The molecule has 0 saturated carbocycles. The predicted molar refractivity (Wildman–Crippen MR) is 53.7 cm³/mol. The second-order valence-corrected chi connectivity index (χ2v) is 3.52. The molecule has 0 saturated heterocycles. The van der Waals surface area contributed by atoms with E-state index in [0.29, 0.717) is 0 Å². The van der Waals surface area contributed by atoms with Gasteiger partial charge in [-0.3, -0.25) is 0 Å². The molecular weight excluding hydrogens is 146 g/mol. The van der Waals surface area contributed by atoms with Crippen molar-refractivity contribution >= 4 is 0 Å². The highest BCUT2D eigenvalue weighted by molar-refractivity contribution is 5.39. The monoisotopic (exact) mass is 163 g/mol. The molecule has 0 fully saturated rings. The molecule has 66 valence electrons. The summed E-state index contributed by atoms with van der Waals surface area (Å²) in [5.74, 6) is 0. The van der Waals surface area contributed by atoms with E-state index in [0.717, 1.165) is 0 Å². The summed E-state index contributed by atoms with van der Waals surface area (Å²) in [6.07, 6.45) is 4.39. The minimum Gasteiger partial charge on any atom is -0.354 e. The van der Waals surface area contributed by atoms with Gasteiger partial charge < -0.3 is 4.90 Å². The van der Waals surface area contributed by atoms with Gasteiger partial charge in [-0.15, -0.1) is 0 Å². The van der Waals surface area contributed by atoms with Crippen molar-refractivity contribution in [1.82, 2.24) is 4.90 Å². The fraction of sp³-hybridized carbons (Fsp3) is 0.455. The predicted octanol–water partition coefficient (Wildman–Crippen LogP) is 3.08. The number of hydrogen-bond acceptors (Lipinski definition) is 1. The van der Waals surface area contributed by atoms with Crippen LogP contribution in [0.1, 0.15) is 27.7 Å². The normalized spacial score (nSPS) is 18.9. The molecule has 1 aliphatic heterocycles. The van der Waals surface area contributed by atoms with Crippen LogP contribution < -0.4 is 0 Å². The average Bonchev–Trinajstić information content (AvgIpc) is 2.05. The molecule has 0 aromatic carbocycles. The van der Waals surface area contributed by atoms with E-state index in [2.05, 4.69) is 51.9 Å². The van der Waals surface area contributed by atoms with Crippen molar-refractivity contribution in [2.45, 2.75) is 27.7 Å². The van der Waals surface area contributed by atoms with E-state index >= 15 is 0 Å². The number of hydrogen-bond donors (Lipinski definition) is 0. The van der Waals surface area contributed by atoms with Crippen LogP contribution in [0.5, 0.6) is 0 Å². The lowest BCUT2D eigenvalue weighted by Crippen LogP contribution is -2.08. The smallest absolute Gasteiger partial charge is 0.0172 e. The molecule has 0 atom stereocenters. The quantitative estimate of drug-likeness (QED) is 0.530. The first kappa shape index (κ1) is 9.11. The molecule has 0 amide bonds. The van der Waals surface area contributed by atoms with Crippen molar-refractivity contribution in [3.8, 4) is 0 Å². The Bertz CT molecular complexity index is 279. The Morgan fingerprint density at radius 1 is 1.08 bits per heavy atom. The van der Waals surface area contributed by atoms with Crippen LogP contribution in [0.4, 0.5) is 0 Å². The fourth-order valence-electron chi connectivity index (χ4n) is 1.44. The number of rotatable bonds is 0. The van der Waals surface area contributed by atoms with Gasteiger partial charge in [0.2, 0.25) is 0 Å². The summed E-state index contributed by atoms with van der Waals surface area (Å²) in [6, 6.07) is 0. The van der Waals surface area contributed by atoms with Gasteiger partial charge in [0, 0.05) is 18.9 Å². The molecule has 0 aliphatic carbocycles. The van der Waals surface area contributed by atoms with Crippen LogP contribution in [-0.2, 0) is 0 Å². The maximum Gasteiger partial charge on any atom is 0.0172 e. The summed E-state index contributed by atoms with van der Waals surface area (Å²) in [4.78, 5) is 2.18. The molecule has 1 rings (SSSR count). The average molecular weight is 163 g/mol. The fourth-order valence-corrected chi connectivity index (χ4v) is 1.44. The third-order valence-electron chi connectivity index (χ3n) is 2.50. The lowest BCUT2D eigenvalue weighted by atomic mass is 10.1. The third-order valence-corrected chi connectivity index (χ3v) is 2.50. The van der Waals surface area contributed by atoms with Crippen molar-refractivity contribution in [3.63, 3.8) is 0 Å². The second-order valence-electron chi connectivity index (χ2n) is 3.52. The molecule has 1 heterocycles. The van der Waals surface area contributed by atoms with Gasteiger partial charge in [-0.05, 0) is 44.4 Å². The summed E-state index contributed by atoms with van der Waals surface area (Å²) >= 11 is 0. The van der Waals surface area contributed by atoms with E-state index in [4.69, 9.17) is 0 Å². The first-order chi connectivity index (χ1) is 5.52. The van der Waals surface area contributed by atoms with E-state index in [1.807, 2.05) is 0 Å². The van der Waals surface area contributed by atoms with E-state index < -0.39 is 0 Å². The van der Waals surface area contributed by atoms with Gasteiger partial charge in [-0.25, -0.2) is 0 Å². The summed E-state index contributed by atoms with van der Waals surface area (Å²) < 4.78 is 0. The van der Waals surface area contributed by atoms with Gasteiger partial charge in [0.05, 0.1) is 0 Å². The van der Waals surface area contributed by atoms with Crippen LogP contribution in [0.2, 0.25) is 0 Å². The molecule has 0 spiro atoms. The first-order valence-electron chi connectivity index (χ1n) is 4.30. The summed E-state index contributed by atoms with van der Waals surface area (Å²) in [5, 5.41) is 0. The van der Waals surface area contributed by atoms with Gasteiger partial charge in [0.15, 0.2) is 0 Å².